The van der Waals surface area contributed by atoms with Crippen molar-refractivity contribution in [3.05, 3.63) is 52.6 Å². The lowest BCUT2D eigenvalue weighted by molar-refractivity contribution is -0.152. The standard InChI is InChI=1S/C21H21F2N3O6/c1-10-15(18(27)30-3)17(16(11(2)24-10)19(28)31-4)20(29)32-9-14-25-12-7-5-6-8-13(12)26(14)21(22)23/h5-8,17,21,24H,9H2,1-4H3. The van der Waals surface area contributed by atoms with Gasteiger partial charge in [0.15, 0.2) is 5.82 Å². The zero-order valence-electron chi connectivity index (χ0n) is 17.8. The first kappa shape index (κ1) is 22.9. The molecule has 2 heterocycles. The lowest BCUT2D eigenvalue weighted by Gasteiger charge is -2.28. The number of allylic oxidation sites excluding steroid dienone is 2. The van der Waals surface area contributed by atoms with Crippen LogP contribution in [0.25, 0.3) is 11.0 Å². The molecule has 0 saturated carbocycles. The summed E-state index contributed by atoms with van der Waals surface area (Å²) in [6, 6.07) is 6.24. The Kier molecular flexibility index (Phi) is 6.56. The molecule has 32 heavy (non-hydrogen) atoms. The van der Waals surface area contributed by atoms with Gasteiger partial charge in [-0.3, -0.25) is 9.36 Å². The number of carbonyl (C=O) groups is 3. The summed E-state index contributed by atoms with van der Waals surface area (Å²) in [5.74, 6) is -4.39. The first-order valence-electron chi connectivity index (χ1n) is 9.47. The van der Waals surface area contributed by atoms with Crippen molar-refractivity contribution in [3.63, 3.8) is 0 Å². The molecule has 1 aromatic heterocycles. The number of dihydropyridines is 1. The Labute approximate surface area is 181 Å². The molecule has 0 fully saturated rings. The summed E-state index contributed by atoms with van der Waals surface area (Å²) in [7, 11) is 2.25. The van der Waals surface area contributed by atoms with Crippen LogP contribution in [0.4, 0.5) is 8.78 Å². The van der Waals surface area contributed by atoms with Crippen molar-refractivity contribution in [1.29, 1.82) is 0 Å². The van der Waals surface area contributed by atoms with E-state index in [0.29, 0.717) is 10.1 Å². The highest BCUT2D eigenvalue weighted by atomic mass is 19.3. The van der Waals surface area contributed by atoms with E-state index in [1.807, 2.05) is 0 Å². The summed E-state index contributed by atoms with van der Waals surface area (Å²) in [6.07, 6.45) is 0. The van der Waals surface area contributed by atoms with Gasteiger partial charge < -0.3 is 19.5 Å². The third-order valence-corrected chi connectivity index (χ3v) is 5.01. The number of ether oxygens (including phenoxy) is 3. The van der Waals surface area contributed by atoms with E-state index in [1.165, 1.54) is 19.9 Å². The fourth-order valence-corrected chi connectivity index (χ4v) is 3.62. The van der Waals surface area contributed by atoms with Crippen LogP contribution in [0.5, 0.6) is 0 Å². The second kappa shape index (κ2) is 9.16. The molecule has 1 N–H and O–H groups in total. The molecule has 11 heteroatoms. The topological polar surface area (TPSA) is 109 Å². The maximum absolute atomic E-state index is 13.6. The first-order chi connectivity index (χ1) is 15.2. The number of rotatable bonds is 6. The molecule has 170 valence electrons. The average molecular weight is 449 g/mol. The number of nitrogens with zero attached hydrogens (tertiary/aromatic N) is 2. The SMILES string of the molecule is COC(=O)C1=C(C)NC(C)=C(C(=O)OC)C1C(=O)OCc1nc2ccccc2n1C(F)F. The number of benzene rings is 1. The van der Waals surface area contributed by atoms with E-state index in [4.69, 9.17) is 14.2 Å². The molecule has 0 amide bonds. The Morgan fingerprint density at radius 2 is 1.62 bits per heavy atom. The molecule has 0 unspecified atom stereocenters. The van der Waals surface area contributed by atoms with Gasteiger partial charge in [0.2, 0.25) is 0 Å². The van der Waals surface area contributed by atoms with E-state index in [1.54, 1.807) is 18.2 Å². The molecule has 0 saturated heterocycles. The van der Waals surface area contributed by atoms with Crippen molar-refractivity contribution in [3.8, 4) is 0 Å². The zero-order chi connectivity index (χ0) is 23.6. The maximum atomic E-state index is 13.6. The minimum Gasteiger partial charge on any atom is -0.466 e. The second-order valence-electron chi connectivity index (χ2n) is 6.89. The molecule has 0 aliphatic carbocycles. The quantitative estimate of drug-likeness (QED) is 0.530. The molecule has 3 rings (SSSR count). The molecule has 0 spiro atoms. The van der Waals surface area contributed by atoms with Gasteiger partial charge in [-0.15, -0.1) is 0 Å². The molecular weight excluding hydrogens is 428 g/mol. The predicted octanol–water partition coefficient (Wildman–Crippen LogP) is 2.59. The lowest BCUT2D eigenvalue weighted by Crippen LogP contribution is -2.38. The van der Waals surface area contributed by atoms with Crippen LogP contribution >= 0.6 is 0 Å². The van der Waals surface area contributed by atoms with E-state index in [0.717, 1.165) is 14.2 Å². The fraction of sp³-hybridized carbons (Fsp3) is 0.333. The maximum Gasteiger partial charge on any atom is 0.336 e. The molecule has 2 aromatic rings. The number of hydrogen-bond donors (Lipinski definition) is 1. The number of methoxy groups -OCH3 is 2. The minimum atomic E-state index is -2.92. The van der Waals surface area contributed by atoms with Crippen LogP contribution in [0.1, 0.15) is 26.2 Å². The number of para-hydroxylation sites is 2. The van der Waals surface area contributed by atoms with Crippen molar-refractivity contribution in [2.75, 3.05) is 14.2 Å². The number of nitrogens with one attached hydrogen (secondary N) is 1. The van der Waals surface area contributed by atoms with Crippen LogP contribution in [-0.4, -0.2) is 41.7 Å². The molecule has 1 aliphatic heterocycles. The van der Waals surface area contributed by atoms with E-state index in [-0.39, 0.29) is 33.9 Å². The van der Waals surface area contributed by atoms with E-state index in [2.05, 4.69) is 10.3 Å². The van der Waals surface area contributed by atoms with Gasteiger partial charge in [-0.2, -0.15) is 8.78 Å². The van der Waals surface area contributed by atoms with Gasteiger partial charge in [0, 0.05) is 11.4 Å². The lowest BCUT2D eigenvalue weighted by atomic mass is 9.85. The molecule has 0 bridgehead atoms. The predicted molar refractivity (Wildman–Crippen MR) is 107 cm³/mol. The van der Waals surface area contributed by atoms with Crippen LogP contribution < -0.4 is 5.32 Å². The molecule has 9 nitrogen and oxygen atoms in total. The summed E-state index contributed by atoms with van der Waals surface area (Å²) in [5.41, 5.74) is 0.745. The molecular formula is C21H21F2N3O6. The van der Waals surface area contributed by atoms with Gasteiger partial charge in [-0.1, -0.05) is 12.1 Å². The van der Waals surface area contributed by atoms with Crippen LogP contribution in [0, 0.1) is 5.92 Å². The van der Waals surface area contributed by atoms with Gasteiger partial charge in [0.05, 0.1) is 36.4 Å². The molecule has 0 atom stereocenters. The van der Waals surface area contributed by atoms with Gasteiger partial charge in [0.1, 0.15) is 12.5 Å². The number of aromatic nitrogens is 2. The first-order valence-corrected chi connectivity index (χ1v) is 9.47. The van der Waals surface area contributed by atoms with Crippen molar-refractivity contribution in [2.24, 2.45) is 5.92 Å². The van der Waals surface area contributed by atoms with Gasteiger partial charge in [-0.05, 0) is 26.0 Å². The summed E-state index contributed by atoms with van der Waals surface area (Å²) >= 11 is 0. The highest BCUT2D eigenvalue weighted by Crippen LogP contribution is 2.33. The smallest absolute Gasteiger partial charge is 0.336 e. The van der Waals surface area contributed by atoms with Crippen molar-refractivity contribution in [1.82, 2.24) is 14.9 Å². The number of alkyl halides is 2. The zero-order valence-corrected chi connectivity index (χ0v) is 17.8. The number of carbonyl (C=O) groups excluding carboxylic acids is 3. The Hall–Kier alpha value is -3.76. The molecule has 1 aliphatic rings. The van der Waals surface area contributed by atoms with Gasteiger partial charge in [-0.25, -0.2) is 14.6 Å². The van der Waals surface area contributed by atoms with Gasteiger partial charge in [0.25, 0.3) is 0 Å². The minimum absolute atomic E-state index is 0.147. The van der Waals surface area contributed by atoms with Crippen LogP contribution in [0.2, 0.25) is 0 Å². The summed E-state index contributed by atoms with van der Waals surface area (Å²) in [4.78, 5) is 41.9. The number of halogens is 2. The molecule has 0 radical (unpaired) electrons. The van der Waals surface area contributed by atoms with Gasteiger partial charge >= 0.3 is 24.5 Å². The van der Waals surface area contributed by atoms with Crippen molar-refractivity contribution in [2.45, 2.75) is 27.0 Å². The Morgan fingerprint density at radius 3 is 2.16 bits per heavy atom. The summed E-state index contributed by atoms with van der Waals surface area (Å²) in [5, 5.41) is 2.84. The average Bonchev–Trinajstić information content (AvgIpc) is 3.14. The highest BCUT2D eigenvalue weighted by Gasteiger charge is 2.42. The fourth-order valence-electron chi connectivity index (χ4n) is 3.62. The normalized spacial score (nSPS) is 14.6. The van der Waals surface area contributed by atoms with Crippen LogP contribution in [-0.2, 0) is 35.2 Å². The van der Waals surface area contributed by atoms with Crippen molar-refractivity contribution >= 4 is 28.9 Å². The Morgan fingerprint density at radius 1 is 1.06 bits per heavy atom. The summed E-state index contributed by atoms with van der Waals surface area (Å²) in [6.45, 7) is -0.473. The van der Waals surface area contributed by atoms with E-state index >= 15 is 0 Å². The Balaban J connectivity index is 1.98. The number of hydrogen-bond acceptors (Lipinski definition) is 8. The number of imidazole rings is 1. The highest BCUT2D eigenvalue weighted by molar-refractivity contribution is 6.05. The largest absolute Gasteiger partial charge is 0.466 e. The Bertz CT molecular complexity index is 1110. The summed E-state index contributed by atoms with van der Waals surface area (Å²) < 4.78 is 42.7. The second-order valence-corrected chi connectivity index (χ2v) is 6.89. The third-order valence-electron chi connectivity index (χ3n) is 5.01. The monoisotopic (exact) mass is 449 g/mol. The van der Waals surface area contributed by atoms with Crippen LogP contribution in [0.3, 0.4) is 0 Å². The van der Waals surface area contributed by atoms with E-state index < -0.39 is 37.0 Å². The number of fused-ring (bicyclic) bond motifs is 1. The van der Waals surface area contributed by atoms with E-state index in [9.17, 15) is 23.2 Å². The van der Waals surface area contributed by atoms with Crippen molar-refractivity contribution < 1.29 is 37.4 Å². The number of esters is 3. The molecule has 1 aromatic carbocycles. The van der Waals surface area contributed by atoms with Crippen LogP contribution in [0.15, 0.2) is 46.8 Å². The third kappa shape index (κ3) is 4.05.